The van der Waals surface area contributed by atoms with E-state index in [4.69, 9.17) is 4.74 Å². The van der Waals surface area contributed by atoms with Crippen LogP contribution in [-0.4, -0.2) is 18.1 Å². The molecular formula is C15H13N3O3. The van der Waals surface area contributed by atoms with Crippen molar-refractivity contribution in [3.63, 3.8) is 0 Å². The smallest absolute Gasteiger partial charge is 0.269 e. The topological polar surface area (TPSA) is 99.9 Å². The van der Waals surface area contributed by atoms with Gasteiger partial charge in [0.15, 0.2) is 5.41 Å². The first-order valence-corrected chi connectivity index (χ1v) is 6.35. The number of non-ortho nitro benzene ring substituents is 1. The highest BCUT2D eigenvalue weighted by molar-refractivity contribution is 5.41. The summed E-state index contributed by atoms with van der Waals surface area (Å²) in [6.45, 7) is 0. The number of hydrogen-bond donors (Lipinski definition) is 0. The maximum absolute atomic E-state index is 10.7. The Labute approximate surface area is 122 Å². The van der Waals surface area contributed by atoms with Crippen LogP contribution in [0.2, 0.25) is 0 Å². The lowest BCUT2D eigenvalue weighted by Crippen LogP contribution is -2.40. The maximum atomic E-state index is 10.7. The quantitative estimate of drug-likeness (QED) is 0.482. The second-order valence-electron chi connectivity index (χ2n) is 4.81. The molecule has 0 fully saturated rings. The molecule has 0 saturated carbocycles. The third-order valence-electron chi connectivity index (χ3n) is 3.81. The van der Waals surface area contributed by atoms with Crippen LogP contribution in [0.15, 0.2) is 36.4 Å². The van der Waals surface area contributed by atoms with Crippen LogP contribution >= 0.6 is 0 Å². The van der Waals surface area contributed by atoms with Crippen LogP contribution in [0.5, 0.6) is 0 Å². The molecule has 0 saturated heterocycles. The van der Waals surface area contributed by atoms with Crippen LogP contribution in [0.25, 0.3) is 0 Å². The fourth-order valence-electron chi connectivity index (χ4n) is 2.67. The lowest BCUT2D eigenvalue weighted by atomic mass is 9.66. The second-order valence-corrected chi connectivity index (χ2v) is 4.81. The van der Waals surface area contributed by atoms with Crippen molar-refractivity contribution in [3.8, 4) is 12.1 Å². The van der Waals surface area contributed by atoms with E-state index in [-0.39, 0.29) is 11.6 Å². The van der Waals surface area contributed by atoms with Crippen molar-refractivity contribution in [2.24, 2.45) is 5.41 Å². The van der Waals surface area contributed by atoms with Gasteiger partial charge in [-0.3, -0.25) is 10.1 Å². The van der Waals surface area contributed by atoms with Crippen LogP contribution in [0.4, 0.5) is 5.69 Å². The number of ether oxygens (including phenoxy) is 1. The van der Waals surface area contributed by atoms with Gasteiger partial charge in [-0.1, -0.05) is 24.3 Å². The fourth-order valence-corrected chi connectivity index (χ4v) is 2.67. The number of allylic oxidation sites excluding steroid dienone is 1. The van der Waals surface area contributed by atoms with E-state index in [1.54, 1.807) is 18.2 Å². The van der Waals surface area contributed by atoms with Crippen LogP contribution in [0.1, 0.15) is 17.9 Å². The Morgan fingerprint density at radius 1 is 1.33 bits per heavy atom. The number of nitro groups is 1. The molecule has 1 aliphatic carbocycles. The summed E-state index contributed by atoms with van der Waals surface area (Å²) < 4.78 is 5.26. The van der Waals surface area contributed by atoms with Gasteiger partial charge in [0.1, 0.15) is 6.10 Å². The molecule has 106 valence electrons. The van der Waals surface area contributed by atoms with Crippen LogP contribution in [-0.2, 0) is 4.74 Å². The van der Waals surface area contributed by atoms with Crippen molar-refractivity contribution in [1.29, 1.82) is 10.5 Å². The standard InChI is InChI=1S/C15H13N3O3/c1-21-14-4-2-3-13(15(14,9-16)10-17)11-5-7-12(8-6-11)18(19)20/h2,4-8,13-14H,3H2,1H3. The van der Waals surface area contributed by atoms with Gasteiger partial charge in [-0.05, 0) is 12.0 Å². The summed E-state index contributed by atoms with van der Waals surface area (Å²) in [5.41, 5.74) is -0.636. The summed E-state index contributed by atoms with van der Waals surface area (Å²) in [4.78, 5) is 10.2. The Bertz CT molecular complexity index is 638. The van der Waals surface area contributed by atoms with Gasteiger partial charge in [0.05, 0.1) is 17.1 Å². The second kappa shape index (κ2) is 5.74. The van der Waals surface area contributed by atoms with E-state index in [2.05, 4.69) is 12.1 Å². The van der Waals surface area contributed by atoms with E-state index >= 15 is 0 Å². The van der Waals surface area contributed by atoms with E-state index in [0.29, 0.717) is 6.42 Å². The Balaban J connectivity index is 2.46. The van der Waals surface area contributed by atoms with Gasteiger partial charge < -0.3 is 4.74 Å². The van der Waals surface area contributed by atoms with Gasteiger partial charge in [-0.25, -0.2) is 0 Å². The van der Waals surface area contributed by atoms with Crippen molar-refractivity contribution in [2.45, 2.75) is 18.4 Å². The third-order valence-corrected chi connectivity index (χ3v) is 3.81. The largest absolute Gasteiger partial charge is 0.375 e. The van der Waals surface area contributed by atoms with Crippen LogP contribution in [0, 0.1) is 38.2 Å². The molecule has 0 heterocycles. The number of benzene rings is 1. The van der Waals surface area contributed by atoms with E-state index in [0.717, 1.165) is 5.56 Å². The minimum Gasteiger partial charge on any atom is -0.375 e. The van der Waals surface area contributed by atoms with Crippen molar-refractivity contribution in [3.05, 3.63) is 52.1 Å². The van der Waals surface area contributed by atoms with Gasteiger partial charge in [-0.15, -0.1) is 0 Å². The Kier molecular flexibility index (Phi) is 4.02. The summed E-state index contributed by atoms with van der Waals surface area (Å²) in [6, 6.07) is 10.1. The molecule has 6 nitrogen and oxygen atoms in total. The molecule has 0 aromatic heterocycles. The summed E-state index contributed by atoms with van der Waals surface area (Å²) >= 11 is 0. The highest BCUT2D eigenvalue weighted by Gasteiger charge is 2.48. The van der Waals surface area contributed by atoms with Crippen molar-refractivity contribution in [2.75, 3.05) is 7.11 Å². The average Bonchev–Trinajstić information content (AvgIpc) is 2.53. The SMILES string of the molecule is COC1C=CCC(c2ccc([N+](=O)[O-])cc2)C1(C#N)C#N. The van der Waals surface area contributed by atoms with E-state index in [1.165, 1.54) is 19.2 Å². The van der Waals surface area contributed by atoms with Crippen molar-refractivity contribution >= 4 is 5.69 Å². The van der Waals surface area contributed by atoms with E-state index in [1.807, 2.05) is 6.08 Å². The lowest BCUT2D eigenvalue weighted by Gasteiger charge is -2.36. The molecule has 0 spiro atoms. The van der Waals surface area contributed by atoms with E-state index in [9.17, 15) is 20.6 Å². The number of nitriles is 2. The normalized spacial score (nSPS) is 23.0. The minimum atomic E-state index is -1.33. The van der Waals surface area contributed by atoms with Crippen molar-refractivity contribution in [1.82, 2.24) is 0 Å². The first-order chi connectivity index (χ1) is 10.1. The average molecular weight is 283 g/mol. The molecule has 1 aliphatic rings. The first-order valence-electron chi connectivity index (χ1n) is 6.35. The molecule has 21 heavy (non-hydrogen) atoms. The molecule has 0 aliphatic heterocycles. The zero-order valence-electron chi connectivity index (χ0n) is 11.4. The predicted octanol–water partition coefficient (Wildman–Crippen LogP) is 2.69. The number of nitrogens with zero attached hydrogens (tertiary/aromatic N) is 3. The molecule has 0 bridgehead atoms. The molecule has 0 radical (unpaired) electrons. The highest BCUT2D eigenvalue weighted by Crippen LogP contribution is 2.45. The zero-order chi connectivity index (χ0) is 15.5. The van der Waals surface area contributed by atoms with Crippen LogP contribution < -0.4 is 0 Å². The number of hydrogen-bond acceptors (Lipinski definition) is 5. The van der Waals surface area contributed by atoms with Crippen LogP contribution in [0.3, 0.4) is 0 Å². The molecule has 0 amide bonds. The fraction of sp³-hybridized carbons (Fsp3) is 0.333. The zero-order valence-corrected chi connectivity index (χ0v) is 11.4. The summed E-state index contributed by atoms with van der Waals surface area (Å²) in [6.07, 6.45) is 3.47. The summed E-state index contributed by atoms with van der Waals surface area (Å²) in [5, 5.41) is 29.7. The molecule has 0 N–H and O–H groups in total. The molecule has 1 aromatic rings. The molecule has 6 heteroatoms. The summed E-state index contributed by atoms with van der Waals surface area (Å²) in [7, 11) is 1.46. The lowest BCUT2D eigenvalue weighted by molar-refractivity contribution is -0.384. The monoisotopic (exact) mass is 283 g/mol. The van der Waals surface area contributed by atoms with Crippen molar-refractivity contribution < 1.29 is 9.66 Å². The summed E-state index contributed by atoms with van der Waals surface area (Å²) in [5.74, 6) is -0.386. The highest BCUT2D eigenvalue weighted by atomic mass is 16.6. The Morgan fingerprint density at radius 3 is 2.43 bits per heavy atom. The molecular weight excluding hydrogens is 270 g/mol. The Morgan fingerprint density at radius 2 is 1.95 bits per heavy atom. The van der Waals surface area contributed by atoms with E-state index < -0.39 is 16.4 Å². The molecule has 2 atom stereocenters. The number of rotatable bonds is 3. The molecule has 1 aromatic carbocycles. The first kappa shape index (κ1) is 14.7. The maximum Gasteiger partial charge on any atom is 0.269 e. The van der Waals surface area contributed by atoms with Gasteiger partial charge >= 0.3 is 0 Å². The third kappa shape index (κ3) is 2.37. The molecule has 2 unspecified atom stereocenters. The predicted molar refractivity (Wildman–Crippen MR) is 74.1 cm³/mol. The Hall–Kier alpha value is -2.70. The molecule has 2 rings (SSSR count). The van der Waals surface area contributed by atoms with Gasteiger partial charge in [0, 0.05) is 25.2 Å². The number of methoxy groups -OCH3 is 1. The number of nitro benzene ring substituents is 1. The van der Waals surface area contributed by atoms with Gasteiger partial charge in [-0.2, -0.15) is 10.5 Å². The van der Waals surface area contributed by atoms with Gasteiger partial charge in [0.2, 0.25) is 0 Å². The minimum absolute atomic E-state index is 0.0205. The van der Waals surface area contributed by atoms with Gasteiger partial charge in [0.25, 0.3) is 5.69 Å².